The van der Waals surface area contributed by atoms with E-state index in [0.717, 1.165) is 12.8 Å². The third-order valence-corrected chi connectivity index (χ3v) is 2.27. The van der Waals surface area contributed by atoms with Crippen LogP contribution in [0.2, 0.25) is 0 Å². The van der Waals surface area contributed by atoms with Crippen molar-refractivity contribution in [1.29, 1.82) is 5.26 Å². The first-order valence-electron chi connectivity index (χ1n) is 4.49. The van der Waals surface area contributed by atoms with Crippen molar-refractivity contribution in [2.24, 2.45) is 5.92 Å². The second kappa shape index (κ2) is 4.24. The summed E-state index contributed by atoms with van der Waals surface area (Å²) < 4.78 is 0. The normalized spacial score (nSPS) is 18.2. The molecule has 1 fully saturated rings. The second-order valence-electron chi connectivity index (χ2n) is 3.56. The molecule has 4 heteroatoms. The van der Waals surface area contributed by atoms with Crippen LogP contribution in [0.4, 0.5) is 0 Å². The highest BCUT2D eigenvalue weighted by atomic mass is 16.4. The maximum absolute atomic E-state index is 10.6. The minimum atomic E-state index is -0.788. The van der Waals surface area contributed by atoms with E-state index in [1.54, 1.807) is 6.92 Å². The quantitative estimate of drug-likeness (QED) is 0.635. The number of hydrogen-bond acceptors (Lipinski definition) is 3. The number of nitriles is 1. The Bertz CT molecular complexity index is 230. The number of aliphatic carboxylic acids is 1. The molecule has 1 aliphatic rings. The van der Waals surface area contributed by atoms with Gasteiger partial charge in [0.2, 0.25) is 0 Å². The summed E-state index contributed by atoms with van der Waals surface area (Å²) in [5.41, 5.74) is 0. The van der Waals surface area contributed by atoms with Gasteiger partial charge in [-0.05, 0) is 12.8 Å². The van der Waals surface area contributed by atoms with Crippen molar-refractivity contribution in [3.05, 3.63) is 0 Å². The second-order valence-corrected chi connectivity index (χ2v) is 3.56. The van der Waals surface area contributed by atoms with Gasteiger partial charge >= 0.3 is 5.97 Å². The average Bonchev–Trinajstić information content (AvgIpc) is 2.85. The Kier molecular flexibility index (Phi) is 3.26. The molecule has 1 rings (SSSR count). The first-order valence-corrected chi connectivity index (χ1v) is 4.49. The SMILES string of the molecule is CC(CN(CC#N)C1CC1)C(=O)O. The van der Waals surface area contributed by atoms with Gasteiger partial charge in [-0.3, -0.25) is 9.69 Å². The van der Waals surface area contributed by atoms with E-state index in [9.17, 15) is 4.79 Å². The molecule has 0 bridgehead atoms. The van der Waals surface area contributed by atoms with Crippen molar-refractivity contribution in [2.75, 3.05) is 13.1 Å². The Labute approximate surface area is 77.8 Å². The molecule has 1 atom stereocenters. The fourth-order valence-corrected chi connectivity index (χ4v) is 1.30. The van der Waals surface area contributed by atoms with E-state index in [2.05, 4.69) is 6.07 Å². The maximum Gasteiger partial charge on any atom is 0.307 e. The minimum absolute atomic E-state index is 0.349. The van der Waals surface area contributed by atoms with Crippen LogP contribution in [0, 0.1) is 17.2 Å². The van der Waals surface area contributed by atoms with E-state index in [1.807, 2.05) is 4.90 Å². The molecular formula is C9H14N2O2. The van der Waals surface area contributed by atoms with Crippen LogP contribution in [0.3, 0.4) is 0 Å². The summed E-state index contributed by atoms with van der Waals surface area (Å²) in [4.78, 5) is 12.5. The van der Waals surface area contributed by atoms with E-state index >= 15 is 0 Å². The molecule has 1 saturated carbocycles. The predicted octanol–water partition coefficient (Wildman–Crippen LogP) is 0.695. The number of hydrogen-bond donors (Lipinski definition) is 1. The monoisotopic (exact) mass is 182 g/mol. The van der Waals surface area contributed by atoms with Crippen LogP contribution in [0.25, 0.3) is 0 Å². The molecule has 72 valence electrons. The zero-order chi connectivity index (χ0) is 9.84. The maximum atomic E-state index is 10.6. The lowest BCUT2D eigenvalue weighted by atomic mass is 10.1. The molecule has 1 unspecified atom stereocenters. The summed E-state index contributed by atoms with van der Waals surface area (Å²) in [7, 11) is 0. The van der Waals surface area contributed by atoms with Crippen molar-refractivity contribution in [1.82, 2.24) is 4.90 Å². The number of nitrogens with zero attached hydrogens (tertiary/aromatic N) is 2. The highest BCUT2D eigenvalue weighted by Gasteiger charge is 2.30. The fourth-order valence-electron chi connectivity index (χ4n) is 1.30. The highest BCUT2D eigenvalue weighted by molar-refractivity contribution is 5.69. The summed E-state index contributed by atoms with van der Waals surface area (Å²) in [5, 5.41) is 17.2. The number of rotatable bonds is 5. The molecule has 0 radical (unpaired) electrons. The van der Waals surface area contributed by atoms with Crippen molar-refractivity contribution in [3.8, 4) is 6.07 Å². The minimum Gasteiger partial charge on any atom is -0.481 e. The van der Waals surface area contributed by atoms with Gasteiger partial charge in [0.25, 0.3) is 0 Å². The molecule has 0 amide bonds. The standard InChI is InChI=1S/C9H14N2O2/c1-7(9(12)13)6-11(5-4-10)8-2-3-8/h7-8H,2-3,5-6H2,1H3,(H,12,13). The first kappa shape index (κ1) is 10.0. The molecule has 0 spiro atoms. The van der Waals surface area contributed by atoms with Gasteiger partial charge in [-0.2, -0.15) is 5.26 Å². The zero-order valence-corrected chi connectivity index (χ0v) is 7.73. The number of carboxylic acid groups (broad SMARTS) is 1. The third-order valence-electron chi connectivity index (χ3n) is 2.27. The van der Waals surface area contributed by atoms with E-state index < -0.39 is 5.97 Å². The summed E-state index contributed by atoms with van der Waals surface area (Å²) in [6.45, 7) is 2.52. The Balaban J connectivity index is 2.38. The largest absolute Gasteiger partial charge is 0.481 e. The van der Waals surface area contributed by atoms with Gasteiger partial charge in [0.05, 0.1) is 18.5 Å². The fraction of sp³-hybridized carbons (Fsp3) is 0.778. The van der Waals surface area contributed by atoms with E-state index in [1.165, 1.54) is 0 Å². The van der Waals surface area contributed by atoms with Crippen LogP contribution in [0.15, 0.2) is 0 Å². The molecular weight excluding hydrogens is 168 g/mol. The van der Waals surface area contributed by atoms with Gasteiger partial charge in [-0.1, -0.05) is 6.92 Å². The van der Waals surface area contributed by atoms with E-state index in [-0.39, 0.29) is 5.92 Å². The molecule has 1 N–H and O–H groups in total. The van der Waals surface area contributed by atoms with Crippen molar-refractivity contribution < 1.29 is 9.90 Å². The van der Waals surface area contributed by atoms with Crippen molar-refractivity contribution in [3.63, 3.8) is 0 Å². The topological polar surface area (TPSA) is 64.3 Å². The Morgan fingerprint density at radius 2 is 2.38 bits per heavy atom. The van der Waals surface area contributed by atoms with Crippen LogP contribution in [0.5, 0.6) is 0 Å². The lowest BCUT2D eigenvalue weighted by Gasteiger charge is -2.20. The van der Waals surface area contributed by atoms with Crippen LogP contribution >= 0.6 is 0 Å². The Hall–Kier alpha value is -1.08. The van der Waals surface area contributed by atoms with Crippen LogP contribution in [-0.4, -0.2) is 35.1 Å². The molecule has 0 aromatic rings. The lowest BCUT2D eigenvalue weighted by molar-refractivity contribution is -0.141. The van der Waals surface area contributed by atoms with Gasteiger partial charge < -0.3 is 5.11 Å². The van der Waals surface area contributed by atoms with Crippen LogP contribution in [0.1, 0.15) is 19.8 Å². The Morgan fingerprint density at radius 3 is 2.77 bits per heavy atom. The molecule has 1 aliphatic carbocycles. The number of carbonyl (C=O) groups is 1. The number of carboxylic acids is 1. The lowest BCUT2D eigenvalue weighted by Crippen LogP contribution is -2.33. The third kappa shape index (κ3) is 3.03. The molecule has 4 nitrogen and oxygen atoms in total. The first-order chi connectivity index (χ1) is 6.15. The average molecular weight is 182 g/mol. The van der Waals surface area contributed by atoms with E-state index in [0.29, 0.717) is 19.1 Å². The van der Waals surface area contributed by atoms with Gasteiger partial charge in [0.15, 0.2) is 0 Å². The summed E-state index contributed by atoms with van der Waals surface area (Å²) in [6.07, 6.45) is 2.21. The van der Waals surface area contributed by atoms with Crippen LogP contribution in [-0.2, 0) is 4.79 Å². The molecule has 0 aliphatic heterocycles. The van der Waals surface area contributed by atoms with Gasteiger partial charge in [-0.25, -0.2) is 0 Å². The smallest absolute Gasteiger partial charge is 0.307 e. The summed E-state index contributed by atoms with van der Waals surface area (Å²) in [5.74, 6) is -1.17. The summed E-state index contributed by atoms with van der Waals surface area (Å²) in [6, 6.07) is 2.53. The van der Waals surface area contributed by atoms with Gasteiger partial charge in [0.1, 0.15) is 0 Å². The zero-order valence-electron chi connectivity index (χ0n) is 7.73. The summed E-state index contributed by atoms with van der Waals surface area (Å²) >= 11 is 0. The van der Waals surface area contributed by atoms with Crippen molar-refractivity contribution >= 4 is 5.97 Å². The molecule has 0 aromatic carbocycles. The van der Waals surface area contributed by atoms with Gasteiger partial charge in [-0.15, -0.1) is 0 Å². The molecule has 0 heterocycles. The van der Waals surface area contributed by atoms with Crippen molar-refractivity contribution in [2.45, 2.75) is 25.8 Å². The van der Waals surface area contributed by atoms with Gasteiger partial charge in [0, 0.05) is 12.6 Å². The molecule has 0 aromatic heterocycles. The molecule has 13 heavy (non-hydrogen) atoms. The van der Waals surface area contributed by atoms with E-state index in [4.69, 9.17) is 10.4 Å². The highest BCUT2D eigenvalue weighted by Crippen LogP contribution is 2.27. The van der Waals surface area contributed by atoms with Crippen LogP contribution < -0.4 is 0 Å². The Morgan fingerprint density at radius 1 is 1.77 bits per heavy atom. The predicted molar refractivity (Wildman–Crippen MR) is 47.0 cm³/mol. The molecule has 0 saturated heterocycles.